The average Bonchev–Trinajstić information content (AvgIpc) is 2.88. The number of hydrogen-bond donors (Lipinski definition) is 0. The average molecular weight is 466 g/mol. The van der Waals surface area contributed by atoms with Crippen LogP contribution in [0.25, 0.3) is 0 Å². The molecule has 0 spiro atoms. The molecule has 5 rings (SSSR count). The molecule has 3 aliphatic heterocycles. The molecule has 0 bridgehead atoms. The van der Waals surface area contributed by atoms with E-state index in [4.69, 9.17) is 4.74 Å². The molecule has 3 heterocycles. The van der Waals surface area contributed by atoms with Gasteiger partial charge in [0.05, 0.1) is 30.2 Å². The molecule has 180 valence electrons. The van der Waals surface area contributed by atoms with Crippen molar-refractivity contribution in [2.45, 2.75) is 32.2 Å². The molecule has 0 N–H and O–H groups in total. The highest BCUT2D eigenvalue weighted by Gasteiger charge is 2.43. The zero-order chi connectivity index (χ0) is 23.7. The minimum atomic E-state index is -0.226. The highest BCUT2D eigenvalue weighted by atomic mass is 19.1. The molecular formula is C27H32FN3O3. The highest BCUT2D eigenvalue weighted by Crippen LogP contribution is 2.38. The first-order chi connectivity index (χ1) is 16.6. The molecule has 6 nitrogen and oxygen atoms in total. The number of benzene rings is 2. The van der Waals surface area contributed by atoms with Crippen LogP contribution < -0.4 is 9.80 Å². The number of hydrogen-bond acceptors (Lipinski definition) is 5. The third-order valence-electron chi connectivity index (χ3n) is 7.56. The smallest absolute Gasteiger partial charge is 0.309 e. The maximum Gasteiger partial charge on any atom is 0.309 e. The van der Waals surface area contributed by atoms with E-state index < -0.39 is 0 Å². The molecule has 3 aliphatic rings. The van der Waals surface area contributed by atoms with Gasteiger partial charge in [0.15, 0.2) is 0 Å². The Labute approximate surface area is 200 Å². The van der Waals surface area contributed by atoms with Gasteiger partial charge in [0.2, 0.25) is 5.91 Å². The number of carbonyl (C=O) groups is 2. The third-order valence-corrected chi connectivity index (χ3v) is 7.56. The van der Waals surface area contributed by atoms with Crippen LogP contribution in [0.15, 0.2) is 48.5 Å². The maximum absolute atomic E-state index is 14.6. The van der Waals surface area contributed by atoms with E-state index in [1.165, 1.54) is 17.3 Å². The lowest BCUT2D eigenvalue weighted by Crippen LogP contribution is -2.62. The van der Waals surface area contributed by atoms with Gasteiger partial charge in [0.25, 0.3) is 0 Å². The summed E-state index contributed by atoms with van der Waals surface area (Å²) in [7, 11) is 0. The van der Waals surface area contributed by atoms with E-state index in [-0.39, 0.29) is 35.6 Å². The van der Waals surface area contributed by atoms with Crippen molar-refractivity contribution in [2.75, 3.05) is 49.1 Å². The van der Waals surface area contributed by atoms with Crippen LogP contribution in [0, 0.1) is 17.7 Å². The maximum atomic E-state index is 14.6. The van der Waals surface area contributed by atoms with Gasteiger partial charge in [0.1, 0.15) is 5.82 Å². The monoisotopic (exact) mass is 465 g/mol. The molecule has 0 aromatic heterocycles. The van der Waals surface area contributed by atoms with Crippen molar-refractivity contribution in [3.05, 3.63) is 59.9 Å². The predicted octanol–water partition coefficient (Wildman–Crippen LogP) is 3.49. The van der Waals surface area contributed by atoms with Gasteiger partial charge in [-0.1, -0.05) is 30.3 Å². The van der Waals surface area contributed by atoms with Crippen molar-refractivity contribution < 1.29 is 18.7 Å². The van der Waals surface area contributed by atoms with Crippen LogP contribution in [0.5, 0.6) is 0 Å². The molecule has 1 amide bonds. The summed E-state index contributed by atoms with van der Waals surface area (Å²) in [6.45, 7) is 5.40. The van der Waals surface area contributed by atoms with Crippen LogP contribution in [0.4, 0.5) is 15.8 Å². The summed E-state index contributed by atoms with van der Waals surface area (Å²) in [5.74, 6) is -0.569. The lowest BCUT2D eigenvalue weighted by Gasteiger charge is -2.50. The molecule has 7 heteroatoms. The molecular weight excluding hydrogens is 433 g/mol. The largest absolute Gasteiger partial charge is 0.466 e. The zero-order valence-electron chi connectivity index (χ0n) is 19.7. The Balaban J connectivity index is 1.37. The molecule has 0 aliphatic carbocycles. The van der Waals surface area contributed by atoms with Crippen LogP contribution >= 0.6 is 0 Å². The van der Waals surface area contributed by atoms with Crippen LogP contribution in [0.3, 0.4) is 0 Å². The summed E-state index contributed by atoms with van der Waals surface area (Å²) < 4.78 is 19.8. The normalized spacial score (nSPS) is 22.7. The number of likely N-dealkylation sites (tertiary alicyclic amines) is 1. The molecule has 0 saturated carbocycles. The standard InChI is InChI=1S/C27H32FN3O3/c1-2-34-27(33)19-11-13-29(14-12-19)26(32)21-17-20-7-3-5-9-23(20)31-16-15-30(18-25(21)31)24-10-6-4-8-22(24)28/h3-10,19,21,25H,2,11-18H2,1H3/t21-,25+/m0/s1. The Morgan fingerprint density at radius 3 is 2.41 bits per heavy atom. The van der Waals surface area contributed by atoms with Crippen molar-refractivity contribution in [3.63, 3.8) is 0 Å². The van der Waals surface area contributed by atoms with E-state index in [1.807, 2.05) is 36.1 Å². The summed E-state index contributed by atoms with van der Waals surface area (Å²) in [5.41, 5.74) is 2.98. The third kappa shape index (κ3) is 4.24. The van der Waals surface area contributed by atoms with Gasteiger partial charge in [-0.2, -0.15) is 0 Å². The number of ether oxygens (including phenoxy) is 1. The Morgan fingerprint density at radius 2 is 1.68 bits per heavy atom. The number of carbonyl (C=O) groups excluding carboxylic acids is 2. The van der Waals surface area contributed by atoms with Gasteiger partial charge in [-0.15, -0.1) is 0 Å². The van der Waals surface area contributed by atoms with E-state index in [0.717, 1.165) is 6.54 Å². The van der Waals surface area contributed by atoms with E-state index in [0.29, 0.717) is 57.7 Å². The van der Waals surface area contributed by atoms with E-state index in [1.54, 1.807) is 6.07 Å². The van der Waals surface area contributed by atoms with E-state index in [2.05, 4.69) is 21.9 Å². The Hall–Kier alpha value is -3.09. The quantitative estimate of drug-likeness (QED) is 0.647. The number of esters is 1. The van der Waals surface area contributed by atoms with Gasteiger partial charge in [-0.3, -0.25) is 9.59 Å². The van der Waals surface area contributed by atoms with Crippen molar-refractivity contribution in [1.29, 1.82) is 0 Å². The highest BCUT2D eigenvalue weighted by molar-refractivity contribution is 5.83. The summed E-state index contributed by atoms with van der Waals surface area (Å²) in [5, 5.41) is 0. The number of piperidine rings is 1. The first-order valence-corrected chi connectivity index (χ1v) is 12.4. The molecule has 2 fully saturated rings. The molecule has 2 aromatic carbocycles. The number of amides is 1. The summed E-state index contributed by atoms with van der Waals surface area (Å²) in [4.78, 5) is 32.3. The predicted molar refractivity (Wildman–Crippen MR) is 129 cm³/mol. The first kappa shape index (κ1) is 22.7. The van der Waals surface area contributed by atoms with Crippen molar-refractivity contribution >= 4 is 23.3 Å². The van der Waals surface area contributed by atoms with Gasteiger partial charge in [-0.25, -0.2) is 4.39 Å². The fourth-order valence-electron chi connectivity index (χ4n) is 5.80. The number of anilines is 2. The lowest BCUT2D eigenvalue weighted by atomic mass is 9.82. The molecule has 0 radical (unpaired) electrons. The number of nitrogens with zero attached hydrogens (tertiary/aromatic N) is 3. The number of para-hydroxylation sites is 2. The number of halogens is 1. The molecule has 34 heavy (non-hydrogen) atoms. The van der Waals surface area contributed by atoms with E-state index >= 15 is 0 Å². The van der Waals surface area contributed by atoms with Crippen LogP contribution in [0.1, 0.15) is 25.3 Å². The van der Waals surface area contributed by atoms with Gasteiger partial charge in [0, 0.05) is 38.4 Å². The molecule has 2 saturated heterocycles. The van der Waals surface area contributed by atoms with Gasteiger partial charge >= 0.3 is 5.97 Å². The molecule has 2 atom stereocenters. The topological polar surface area (TPSA) is 53.1 Å². The minimum absolute atomic E-state index is 0.0291. The SMILES string of the molecule is CCOC(=O)C1CCN(C(=O)[C@H]2Cc3ccccc3N3CCN(c4ccccc4F)C[C@H]23)CC1. The second-order valence-electron chi connectivity index (χ2n) is 9.45. The summed E-state index contributed by atoms with van der Waals surface area (Å²) in [6, 6.07) is 15.2. The fourth-order valence-corrected chi connectivity index (χ4v) is 5.80. The molecule has 2 aromatic rings. The first-order valence-electron chi connectivity index (χ1n) is 12.4. The van der Waals surface area contributed by atoms with Gasteiger partial charge < -0.3 is 19.4 Å². The fraction of sp³-hybridized carbons (Fsp3) is 0.481. The second-order valence-corrected chi connectivity index (χ2v) is 9.45. The number of rotatable bonds is 4. The number of piperazine rings is 1. The summed E-state index contributed by atoms with van der Waals surface area (Å²) >= 11 is 0. The summed E-state index contributed by atoms with van der Waals surface area (Å²) in [6.07, 6.45) is 1.96. The Morgan fingerprint density at radius 1 is 0.971 bits per heavy atom. The Kier molecular flexibility index (Phi) is 6.44. The second kappa shape index (κ2) is 9.65. The number of fused-ring (bicyclic) bond motifs is 3. The zero-order valence-corrected chi connectivity index (χ0v) is 19.7. The van der Waals surface area contributed by atoms with Gasteiger partial charge in [-0.05, 0) is 49.9 Å². The van der Waals surface area contributed by atoms with Crippen LogP contribution in [0.2, 0.25) is 0 Å². The lowest BCUT2D eigenvalue weighted by molar-refractivity contribution is -0.152. The molecule has 0 unspecified atom stereocenters. The van der Waals surface area contributed by atoms with Crippen LogP contribution in [-0.4, -0.2) is 62.1 Å². The van der Waals surface area contributed by atoms with Crippen molar-refractivity contribution in [3.8, 4) is 0 Å². The van der Waals surface area contributed by atoms with Crippen molar-refractivity contribution in [2.24, 2.45) is 11.8 Å². The van der Waals surface area contributed by atoms with Crippen LogP contribution in [-0.2, 0) is 20.7 Å². The minimum Gasteiger partial charge on any atom is -0.466 e. The van der Waals surface area contributed by atoms with E-state index in [9.17, 15) is 14.0 Å². The Bertz CT molecular complexity index is 1050. The van der Waals surface area contributed by atoms with Crippen molar-refractivity contribution in [1.82, 2.24) is 4.90 Å².